The molecule has 1 N–H and O–H groups in total. The average Bonchev–Trinajstić information content (AvgIpc) is 3.16. The van der Waals surface area contributed by atoms with E-state index >= 15 is 0 Å². The molecule has 8 nitrogen and oxygen atoms in total. The van der Waals surface area contributed by atoms with Gasteiger partial charge >= 0.3 is 0 Å². The molecule has 4 bridgehead atoms. The molecule has 0 unspecified atom stereocenters. The van der Waals surface area contributed by atoms with Crippen molar-refractivity contribution in [1.82, 2.24) is 10.2 Å². The Labute approximate surface area is 172 Å². The molecule has 6 rings (SSSR count). The maximum absolute atomic E-state index is 12.2. The second-order valence-corrected chi connectivity index (χ2v) is 9.61. The van der Waals surface area contributed by atoms with Crippen LogP contribution >= 0.6 is 11.8 Å². The maximum Gasteiger partial charge on any atom is 0.292 e. The van der Waals surface area contributed by atoms with Gasteiger partial charge in [-0.2, -0.15) is 0 Å². The molecular weight excluding hydrogens is 392 g/mol. The topological polar surface area (TPSA) is 111 Å². The van der Waals surface area contributed by atoms with Crippen LogP contribution in [0.2, 0.25) is 0 Å². The lowest BCUT2D eigenvalue weighted by Gasteiger charge is -2.55. The number of anilines is 1. The number of aromatic nitrogens is 2. The monoisotopic (exact) mass is 414 g/mol. The molecule has 4 saturated carbocycles. The van der Waals surface area contributed by atoms with Crippen LogP contribution in [0.1, 0.15) is 44.4 Å². The number of rotatable bonds is 6. The lowest BCUT2D eigenvalue weighted by Crippen LogP contribution is -2.48. The van der Waals surface area contributed by atoms with Gasteiger partial charge in [0.2, 0.25) is 11.8 Å². The fourth-order valence-electron chi connectivity index (χ4n) is 5.91. The maximum atomic E-state index is 12.2. The normalized spacial score (nSPS) is 29.7. The van der Waals surface area contributed by atoms with Crippen LogP contribution in [0.5, 0.6) is 0 Å². The minimum Gasteiger partial charge on any atom is -0.415 e. The van der Waals surface area contributed by atoms with Gasteiger partial charge in [-0.3, -0.25) is 14.9 Å². The number of nitrogens with zero attached hydrogens (tertiary/aromatic N) is 3. The second kappa shape index (κ2) is 7.12. The molecule has 0 atom stereocenters. The molecular formula is C20H22N4O4S. The highest BCUT2D eigenvalue weighted by Crippen LogP contribution is 2.60. The summed E-state index contributed by atoms with van der Waals surface area (Å²) in [6, 6.07) is 6.08. The van der Waals surface area contributed by atoms with Crippen LogP contribution in [0.25, 0.3) is 0 Å². The van der Waals surface area contributed by atoms with E-state index in [2.05, 4.69) is 15.5 Å². The van der Waals surface area contributed by atoms with E-state index in [0.29, 0.717) is 5.22 Å². The molecule has 1 aromatic heterocycles. The first-order valence-electron chi connectivity index (χ1n) is 10.0. The van der Waals surface area contributed by atoms with Crippen molar-refractivity contribution >= 4 is 29.0 Å². The number of hydrogen-bond donors (Lipinski definition) is 1. The van der Waals surface area contributed by atoms with Crippen LogP contribution in [-0.4, -0.2) is 26.8 Å². The highest BCUT2D eigenvalue weighted by molar-refractivity contribution is 7.99. The van der Waals surface area contributed by atoms with E-state index in [-0.39, 0.29) is 28.4 Å². The van der Waals surface area contributed by atoms with Gasteiger partial charge in [-0.05, 0) is 62.3 Å². The minimum atomic E-state index is -0.515. The van der Waals surface area contributed by atoms with Gasteiger partial charge in [0.15, 0.2) is 0 Å². The van der Waals surface area contributed by atoms with Crippen molar-refractivity contribution in [2.75, 3.05) is 11.1 Å². The van der Waals surface area contributed by atoms with E-state index in [1.807, 2.05) is 0 Å². The van der Waals surface area contributed by atoms with E-state index in [1.54, 1.807) is 12.1 Å². The van der Waals surface area contributed by atoms with E-state index < -0.39 is 4.92 Å². The Kier molecular flexibility index (Phi) is 4.57. The van der Waals surface area contributed by atoms with Crippen LogP contribution in [0.3, 0.4) is 0 Å². The highest BCUT2D eigenvalue weighted by atomic mass is 32.2. The van der Waals surface area contributed by atoms with Crippen LogP contribution in [0.4, 0.5) is 11.4 Å². The Balaban J connectivity index is 1.23. The first-order valence-corrected chi connectivity index (χ1v) is 11.0. The van der Waals surface area contributed by atoms with Crippen molar-refractivity contribution in [3.05, 3.63) is 40.3 Å². The third kappa shape index (κ3) is 3.52. The Morgan fingerprint density at radius 2 is 1.83 bits per heavy atom. The molecule has 4 aliphatic rings. The lowest BCUT2D eigenvalue weighted by molar-refractivity contribution is -0.383. The van der Waals surface area contributed by atoms with Gasteiger partial charge in [0.25, 0.3) is 10.9 Å². The van der Waals surface area contributed by atoms with Crippen LogP contribution < -0.4 is 5.32 Å². The standard InChI is InChI=1S/C20H22N4O4S/c25-17(21-15-3-1-2-4-16(15)24(26)27)11-29-19-23-22-18(28-19)20-8-12-5-13(9-20)7-14(6-12)10-20/h1-4,12-14H,5-11H2,(H,21,25). The quantitative estimate of drug-likeness (QED) is 0.429. The number of nitrogens with one attached hydrogen (secondary N) is 1. The van der Waals surface area contributed by atoms with E-state index in [0.717, 1.165) is 54.7 Å². The van der Waals surface area contributed by atoms with E-state index in [1.165, 1.54) is 31.4 Å². The molecule has 0 saturated heterocycles. The van der Waals surface area contributed by atoms with Gasteiger partial charge in [0.1, 0.15) is 5.69 Å². The number of carbonyl (C=O) groups excluding carboxylic acids is 1. The van der Waals surface area contributed by atoms with Crippen LogP contribution in [-0.2, 0) is 10.2 Å². The molecule has 29 heavy (non-hydrogen) atoms. The molecule has 1 amide bonds. The summed E-state index contributed by atoms with van der Waals surface area (Å²) in [7, 11) is 0. The number of carbonyl (C=O) groups is 1. The number of thioether (sulfide) groups is 1. The molecule has 2 aromatic rings. The summed E-state index contributed by atoms with van der Waals surface area (Å²) in [5.74, 6) is 2.80. The van der Waals surface area contributed by atoms with Gasteiger partial charge in [0.05, 0.1) is 10.7 Å². The summed E-state index contributed by atoms with van der Waals surface area (Å²) in [4.78, 5) is 22.8. The Bertz CT molecular complexity index is 924. The zero-order valence-electron chi connectivity index (χ0n) is 15.9. The number of nitro groups is 1. The predicted octanol–water partition coefficient (Wildman–Crippen LogP) is 4.18. The van der Waals surface area contributed by atoms with Crippen LogP contribution in [0, 0.1) is 27.9 Å². The largest absolute Gasteiger partial charge is 0.415 e. The molecule has 4 aliphatic carbocycles. The minimum absolute atomic E-state index is 0.0352. The van der Waals surface area contributed by atoms with Crippen molar-refractivity contribution in [3.63, 3.8) is 0 Å². The van der Waals surface area contributed by atoms with E-state index in [9.17, 15) is 14.9 Å². The molecule has 1 aromatic carbocycles. The highest BCUT2D eigenvalue weighted by Gasteiger charge is 2.54. The Morgan fingerprint density at radius 1 is 1.17 bits per heavy atom. The summed E-state index contributed by atoms with van der Waals surface area (Å²) in [6.45, 7) is 0. The SMILES string of the molecule is O=C(CSc1nnc(C23CC4CC(CC(C4)C2)C3)o1)Nc1ccccc1[N+](=O)[O-]. The Hall–Kier alpha value is -2.42. The lowest BCUT2D eigenvalue weighted by atomic mass is 9.49. The summed E-state index contributed by atoms with van der Waals surface area (Å²) in [5, 5.41) is 22.5. The van der Waals surface area contributed by atoms with E-state index in [4.69, 9.17) is 4.42 Å². The van der Waals surface area contributed by atoms with Gasteiger partial charge in [-0.1, -0.05) is 23.9 Å². The molecule has 1 heterocycles. The first-order chi connectivity index (χ1) is 14.0. The second-order valence-electron chi connectivity index (χ2n) is 8.68. The zero-order valence-corrected chi connectivity index (χ0v) is 16.7. The number of benzene rings is 1. The molecule has 152 valence electrons. The molecule has 0 spiro atoms. The molecule has 0 aliphatic heterocycles. The van der Waals surface area contributed by atoms with Gasteiger partial charge in [-0.25, -0.2) is 0 Å². The average molecular weight is 414 g/mol. The number of para-hydroxylation sites is 2. The zero-order chi connectivity index (χ0) is 20.0. The molecule has 4 fully saturated rings. The third-order valence-electron chi connectivity index (χ3n) is 6.60. The fourth-order valence-corrected chi connectivity index (χ4v) is 6.47. The summed E-state index contributed by atoms with van der Waals surface area (Å²) < 4.78 is 5.98. The summed E-state index contributed by atoms with van der Waals surface area (Å²) in [6.07, 6.45) is 7.47. The summed E-state index contributed by atoms with van der Waals surface area (Å²) in [5.41, 5.74) is 0.0867. The van der Waals surface area contributed by atoms with Gasteiger partial charge in [-0.15, -0.1) is 10.2 Å². The number of hydrogen-bond acceptors (Lipinski definition) is 7. The van der Waals surface area contributed by atoms with Crippen molar-refractivity contribution in [1.29, 1.82) is 0 Å². The van der Waals surface area contributed by atoms with Crippen molar-refractivity contribution < 1.29 is 14.1 Å². The van der Waals surface area contributed by atoms with Crippen molar-refractivity contribution in [2.24, 2.45) is 17.8 Å². The van der Waals surface area contributed by atoms with Gasteiger partial charge in [0, 0.05) is 11.5 Å². The molecule has 9 heteroatoms. The third-order valence-corrected chi connectivity index (χ3v) is 7.42. The van der Waals surface area contributed by atoms with Crippen LogP contribution in [0.15, 0.2) is 33.9 Å². The molecule has 0 radical (unpaired) electrons. The first kappa shape index (κ1) is 18.6. The predicted molar refractivity (Wildman–Crippen MR) is 107 cm³/mol. The fraction of sp³-hybridized carbons (Fsp3) is 0.550. The Morgan fingerprint density at radius 3 is 2.48 bits per heavy atom. The summed E-state index contributed by atoms with van der Waals surface area (Å²) >= 11 is 1.16. The number of amides is 1. The number of nitro benzene ring substituents is 1. The smallest absolute Gasteiger partial charge is 0.292 e. The van der Waals surface area contributed by atoms with Crippen molar-refractivity contribution in [2.45, 2.75) is 49.2 Å². The van der Waals surface area contributed by atoms with Gasteiger partial charge < -0.3 is 9.73 Å². The van der Waals surface area contributed by atoms with Crippen molar-refractivity contribution in [3.8, 4) is 0 Å².